The molecule has 0 radical (unpaired) electrons. The van der Waals surface area contributed by atoms with Crippen LogP contribution in [0.15, 0.2) is 0 Å². The fraction of sp³-hybridized carbons (Fsp3) is 0.750. The molecule has 104 valence electrons. The summed E-state index contributed by atoms with van der Waals surface area (Å²) in [5, 5.41) is 0. The Balaban J connectivity index is 3.44. The molecule has 1 saturated heterocycles. The zero-order chi connectivity index (χ0) is 14.6. The first-order chi connectivity index (χ1) is 7.76. The second-order valence-electron chi connectivity index (χ2n) is 3.84. The zero-order valence-corrected chi connectivity index (χ0v) is 8.90. The summed E-state index contributed by atoms with van der Waals surface area (Å²) < 4.78 is 83.4. The van der Waals surface area contributed by atoms with Crippen molar-refractivity contribution in [2.45, 2.75) is 37.4 Å². The molecule has 0 aromatic heterocycles. The highest BCUT2D eigenvalue weighted by Crippen LogP contribution is 2.52. The molecule has 2 unspecified atom stereocenters. The summed E-state index contributed by atoms with van der Waals surface area (Å²) in [6.07, 6.45) is -11.2. The van der Waals surface area contributed by atoms with Gasteiger partial charge in [0.25, 0.3) is 11.2 Å². The highest BCUT2D eigenvalue weighted by atomic mass is 19.4. The SMILES string of the molecule is CC1(C(F)(F)F)OC(=O)C(=O)OC1(C)C(F)(F)F. The second kappa shape index (κ2) is 3.51. The van der Waals surface area contributed by atoms with E-state index in [1.165, 1.54) is 0 Å². The van der Waals surface area contributed by atoms with Crippen molar-refractivity contribution in [1.82, 2.24) is 0 Å². The Hall–Kier alpha value is -1.48. The smallest absolute Gasteiger partial charge is 0.432 e. The van der Waals surface area contributed by atoms with E-state index in [1.54, 1.807) is 0 Å². The van der Waals surface area contributed by atoms with Crippen LogP contribution >= 0.6 is 0 Å². The molecule has 0 amide bonds. The third-order valence-electron chi connectivity index (χ3n) is 2.75. The van der Waals surface area contributed by atoms with Crippen LogP contribution < -0.4 is 0 Å². The van der Waals surface area contributed by atoms with Crippen molar-refractivity contribution in [2.75, 3.05) is 0 Å². The van der Waals surface area contributed by atoms with Gasteiger partial charge in [0.15, 0.2) is 0 Å². The van der Waals surface area contributed by atoms with E-state index in [2.05, 4.69) is 9.47 Å². The maximum Gasteiger partial charge on any atom is 0.432 e. The van der Waals surface area contributed by atoms with Crippen LogP contribution in [-0.4, -0.2) is 35.5 Å². The number of hydrogen-bond donors (Lipinski definition) is 0. The minimum atomic E-state index is -5.58. The summed E-state index contributed by atoms with van der Waals surface area (Å²) in [5.74, 6) is -4.26. The number of halogens is 6. The molecule has 1 aliphatic rings. The maximum absolute atomic E-state index is 12.7. The van der Waals surface area contributed by atoms with E-state index in [0.717, 1.165) is 0 Å². The summed E-state index contributed by atoms with van der Waals surface area (Å²) >= 11 is 0. The average Bonchev–Trinajstić information content (AvgIpc) is 2.11. The Labute approximate surface area is 95.8 Å². The molecule has 0 bridgehead atoms. The summed E-state index contributed by atoms with van der Waals surface area (Å²) in [4.78, 5) is 21.4. The van der Waals surface area contributed by atoms with Crippen LogP contribution in [0.4, 0.5) is 26.3 Å². The van der Waals surface area contributed by atoms with Crippen LogP contribution in [0, 0.1) is 0 Å². The second-order valence-corrected chi connectivity index (χ2v) is 3.84. The molecule has 0 aromatic carbocycles. The van der Waals surface area contributed by atoms with Crippen molar-refractivity contribution in [2.24, 2.45) is 0 Å². The fourth-order valence-corrected chi connectivity index (χ4v) is 1.31. The molecule has 18 heavy (non-hydrogen) atoms. The van der Waals surface area contributed by atoms with Gasteiger partial charge in [-0.05, 0) is 13.8 Å². The zero-order valence-electron chi connectivity index (χ0n) is 8.90. The Morgan fingerprint density at radius 3 is 1.17 bits per heavy atom. The quantitative estimate of drug-likeness (QED) is 0.385. The van der Waals surface area contributed by atoms with Gasteiger partial charge >= 0.3 is 24.3 Å². The lowest BCUT2D eigenvalue weighted by Gasteiger charge is -2.47. The highest BCUT2D eigenvalue weighted by molar-refractivity contribution is 6.30. The molecule has 0 aliphatic carbocycles. The molecule has 0 aromatic rings. The third kappa shape index (κ3) is 1.70. The molecule has 1 heterocycles. The van der Waals surface area contributed by atoms with Crippen LogP contribution in [0.3, 0.4) is 0 Å². The van der Waals surface area contributed by atoms with E-state index < -0.39 is 35.5 Å². The number of carbonyl (C=O) groups excluding carboxylic acids is 2. The lowest BCUT2D eigenvalue weighted by molar-refractivity contribution is -0.385. The van der Waals surface area contributed by atoms with E-state index in [0.29, 0.717) is 0 Å². The van der Waals surface area contributed by atoms with Crippen LogP contribution in [0.25, 0.3) is 0 Å². The van der Waals surface area contributed by atoms with Gasteiger partial charge in [0.1, 0.15) is 0 Å². The van der Waals surface area contributed by atoms with Gasteiger partial charge in [-0.2, -0.15) is 26.3 Å². The molecule has 1 aliphatic heterocycles. The number of carbonyl (C=O) groups is 2. The highest BCUT2D eigenvalue weighted by Gasteiger charge is 2.79. The molecular formula is C8H6F6O4. The van der Waals surface area contributed by atoms with Crippen molar-refractivity contribution in [1.29, 1.82) is 0 Å². The summed E-state index contributed by atoms with van der Waals surface area (Å²) in [6, 6.07) is 0. The molecule has 1 rings (SSSR count). The molecule has 0 saturated carbocycles. The van der Waals surface area contributed by atoms with E-state index in [9.17, 15) is 35.9 Å². The van der Waals surface area contributed by atoms with Crippen LogP contribution in [-0.2, 0) is 19.1 Å². The minimum Gasteiger partial charge on any atom is -0.436 e. The Morgan fingerprint density at radius 2 is 1.00 bits per heavy atom. The Bertz CT molecular complexity index is 361. The minimum absolute atomic E-state index is 0.00910. The van der Waals surface area contributed by atoms with E-state index in [4.69, 9.17) is 0 Å². The van der Waals surface area contributed by atoms with Crippen molar-refractivity contribution < 1.29 is 45.4 Å². The fourth-order valence-electron chi connectivity index (χ4n) is 1.31. The summed E-state index contributed by atoms with van der Waals surface area (Å²) in [6.45, 7) is -0.0182. The first kappa shape index (κ1) is 14.6. The van der Waals surface area contributed by atoms with Crippen LogP contribution in [0.5, 0.6) is 0 Å². The van der Waals surface area contributed by atoms with Gasteiger partial charge < -0.3 is 9.47 Å². The van der Waals surface area contributed by atoms with Gasteiger partial charge in [-0.25, -0.2) is 9.59 Å². The molecule has 4 nitrogen and oxygen atoms in total. The largest absolute Gasteiger partial charge is 0.436 e. The lowest BCUT2D eigenvalue weighted by Crippen LogP contribution is -2.73. The predicted molar refractivity (Wildman–Crippen MR) is 41.1 cm³/mol. The van der Waals surface area contributed by atoms with Crippen molar-refractivity contribution >= 4 is 11.9 Å². The van der Waals surface area contributed by atoms with Crippen molar-refractivity contribution in [3.8, 4) is 0 Å². The Kier molecular flexibility index (Phi) is 2.85. The van der Waals surface area contributed by atoms with Gasteiger partial charge in [0.2, 0.25) is 0 Å². The number of ether oxygens (including phenoxy) is 2. The van der Waals surface area contributed by atoms with Crippen molar-refractivity contribution in [3.05, 3.63) is 0 Å². The third-order valence-corrected chi connectivity index (χ3v) is 2.75. The number of rotatable bonds is 0. The van der Waals surface area contributed by atoms with E-state index in [1.807, 2.05) is 0 Å². The maximum atomic E-state index is 12.7. The normalized spacial score (nSPS) is 34.0. The standard InChI is InChI=1S/C8H6F6O4/c1-5(7(9,10)11)6(2,8(12,13)14)18-4(16)3(15)17-5/h1-2H3. The molecule has 1 fully saturated rings. The van der Waals surface area contributed by atoms with E-state index in [-0.39, 0.29) is 13.8 Å². The van der Waals surface area contributed by atoms with Crippen LogP contribution in [0.2, 0.25) is 0 Å². The summed E-state index contributed by atoms with van der Waals surface area (Å²) in [5.41, 5.74) is -8.02. The molecule has 0 N–H and O–H groups in total. The first-order valence-electron chi connectivity index (χ1n) is 4.36. The average molecular weight is 280 g/mol. The van der Waals surface area contributed by atoms with Gasteiger partial charge in [0, 0.05) is 0 Å². The topological polar surface area (TPSA) is 52.6 Å². The first-order valence-corrected chi connectivity index (χ1v) is 4.36. The Morgan fingerprint density at radius 1 is 0.778 bits per heavy atom. The monoisotopic (exact) mass is 280 g/mol. The van der Waals surface area contributed by atoms with Gasteiger partial charge in [-0.1, -0.05) is 0 Å². The van der Waals surface area contributed by atoms with Crippen molar-refractivity contribution in [3.63, 3.8) is 0 Å². The molecular weight excluding hydrogens is 274 g/mol. The van der Waals surface area contributed by atoms with Crippen LogP contribution in [0.1, 0.15) is 13.8 Å². The van der Waals surface area contributed by atoms with Gasteiger partial charge in [0.05, 0.1) is 0 Å². The number of esters is 2. The molecule has 2 atom stereocenters. The van der Waals surface area contributed by atoms with E-state index >= 15 is 0 Å². The molecule has 0 spiro atoms. The van der Waals surface area contributed by atoms with Gasteiger partial charge in [-0.3, -0.25) is 0 Å². The summed E-state index contributed by atoms with van der Waals surface area (Å²) in [7, 11) is 0. The lowest BCUT2D eigenvalue weighted by atomic mass is 9.83. The number of hydrogen-bond acceptors (Lipinski definition) is 4. The number of alkyl halides is 6. The number of cyclic esters (lactones) is 2. The predicted octanol–water partition coefficient (Wildman–Crippen LogP) is 1.73. The molecule has 10 heteroatoms. The van der Waals surface area contributed by atoms with Gasteiger partial charge in [-0.15, -0.1) is 0 Å².